The third kappa shape index (κ3) is 1.71. The molecular formula is C11H11FO. The lowest BCUT2D eigenvalue weighted by molar-refractivity contribution is 0.0920. The van der Waals surface area contributed by atoms with Crippen LogP contribution in [0.25, 0.3) is 0 Å². The number of aliphatic hydroxyl groups is 1. The van der Waals surface area contributed by atoms with Crippen LogP contribution in [0.4, 0.5) is 4.39 Å². The number of halogens is 1. The average Bonchev–Trinajstić information content (AvgIpc) is 2.17. The molecule has 13 heavy (non-hydrogen) atoms. The van der Waals surface area contributed by atoms with Crippen molar-refractivity contribution in [2.75, 3.05) is 0 Å². The van der Waals surface area contributed by atoms with Crippen molar-refractivity contribution in [1.82, 2.24) is 0 Å². The molecule has 0 saturated carbocycles. The van der Waals surface area contributed by atoms with Crippen molar-refractivity contribution in [2.24, 2.45) is 0 Å². The maximum Gasteiger partial charge on any atom is 0.153 e. The van der Waals surface area contributed by atoms with Gasteiger partial charge in [0.2, 0.25) is 0 Å². The summed E-state index contributed by atoms with van der Waals surface area (Å²) >= 11 is 0. The molecule has 0 spiro atoms. The molecule has 1 nitrogen and oxygen atoms in total. The summed E-state index contributed by atoms with van der Waals surface area (Å²) in [5.41, 5.74) is -1.31. The smallest absolute Gasteiger partial charge is 0.153 e. The van der Waals surface area contributed by atoms with Crippen molar-refractivity contribution in [3.05, 3.63) is 35.6 Å². The lowest BCUT2D eigenvalue weighted by Gasteiger charge is -2.20. The van der Waals surface area contributed by atoms with Gasteiger partial charge in [0, 0.05) is 5.56 Å². The van der Waals surface area contributed by atoms with Crippen LogP contribution < -0.4 is 0 Å². The summed E-state index contributed by atoms with van der Waals surface area (Å²) in [7, 11) is 0. The van der Waals surface area contributed by atoms with E-state index in [1.165, 1.54) is 12.1 Å². The molecule has 0 heterocycles. The Morgan fingerprint density at radius 2 is 2.15 bits per heavy atom. The van der Waals surface area contributed by atoms with Crippen molar-refractivity contribution in [3.8, 4) is 12.3 Å². The Labute approximate surface area is 77.2 Å². The first-order chi connectivity index (χ1) is 6.14. The van der Waals surface area contributed by atoms with Crippen LogP contribution in [0.1, 0.15) is 18.9 Å². The van der Waals surface area contributed by atoms with E-state index in [-0.39, 0.29) is 5.56 Å². The third-order valence-electron chi connectivity index (χ3n) is 2.07. The van der Waals surface area contributed by atoms with Gasteiger partial charge in [0.05, 0.1) is 0 Å². The van der Waals surface area contributed by atoms with Gasteiger partial charge in [-0.05, 0) is 12.5 Å². The van der Waals surface area contributed by atoms with Gasteiger partial charge in [-0.25, -0.2) is 4.39 Å². The molecule has 68 valence electrons. The second-order valence-electron chi connectivity index (χ2n) is 2.84. The van der Waals surface area contributed by atoms with E-state index in [0.29, 0.717) is 6.42 Å². The Morgan fingerprint density at radius 3 is 2.62 bits per heavy atom. The molecule has 0 bridgehead atoms. The molecule has 1 unspecified atom stereocenters. The van der Waals surface area contributed by atoms with Gasteiger partial charge in [0.15, 0.2) is 5.60 Å². The van der Waals surface area contributed by atoms with E-state index in [1.807, 2.05) is 0 Å². The molecule has 0 aliphatic carbocycles. The van der Waals surface area contributed by atoms with Gasteiger partial charge in [0.25, 0.3) is 0 Å². The zero-order valence-electron chi connectivity index (χ0n) is 7.42. The summed E-state index contributed by atoms with van der Waals surface area (Å²) in [5.74, 6) is 1.73. The molecular weight excluding hydrogens is 167 g/mol. The Hall–Kier alpha value is -1.33. The number of terminal acetylenes is 1. The predicted octanol–water partition coefficient (Wildman–Crippen LogP) is 2.06. The first-order valence-electron chi connectivity index (χ1n) is 4.09. The predicted molar refractivity (Wildman–Crippen MR) is 49.4 cm³/mol. The second kappa shape index (κ2) is 3.59. The van der Waals surface area contributed by atoms with Gasteiger partial charge in [-0.2, -0.15) is 0 Å². The van der Waals surface area contributed by atoms with Crippen LogP contribution in [-0.2, 0) is 5.60 Å². The van der Waals surface area contributed by atoms with Crippen molar-refractivity contribution in [3.63, 3.8) is 0 Å². The van der Waals surface area contributed by atoms with Gasteiger partial charge in [-0.3, -0.25) is 0 Å². The van der Waals surface area contributed by atoms with Crippen LogP contribution in [-0.4, -0.2) is 5.11 Å². The quantitative estimate of drug-likeness (QED) is 0.687. The summed E-state index contributed by atoms with van der Waals surface area (Å²) in [4.78, 5) is 0. The molecule has 0 saturated heterocycles. The van der Waals surface area contributed by atoms with E-state index in [1.54, 1.807) is 19.1 Å². The highest BCUT2D eigenvalue weighted by Crippen LogP contribution is 2.25. The molecule has 0 radical (unpaired) electrons. The molecule has 1 N–H and O–H groups in total. The molecule has 0 fully saturated rings. The van der Waals surface area contributed by atoms with Crippen LogP contribution in [0.2, 0.25) is 0 Å². The van der Waals surface area contributed by atoms with Crippen LogP contribution >= 0.6 is 0 Å². The Balaban J connectivity index is 3.22. The summed E-state index contributed by atoms with van der Waals surface area (Å²) in [6.45, 7) is 1.71. The van der Waals surface area contributed by atoms with E-state index in [2.05, 4.69) is 5.92 Å². The number of hydrogen-bond acceptors (Lipinski definition) is 1. The Kier molecular flexibility index (Phi) is 2.69. The molecule has 0 aliphatic heterocycles. The first kappa shape index (κ1) is 9.76. The standard InChI is InChI=1S/C11H11FO/c1-3-11(13,4-2)9-7-5-6-8-10(9)12/h1,5-8,13H,4H2,2H3. The van der Waals surface area contributed by atoms with Crippen LogP contribution in [0.15, 0.2) is 24.3 Å². The minimum Gasteiger partial charge on any atom is -0.373 e. The van der Waals surface area contributed by atoms with E-state index in [9.17, 15) is 9.50 Å². The normalized spacial score (nSPS) is 14.6. The molecule has 1 aromatic carbocycles. The van der Waals surface area contributed by atoms with Gasteiger partial charge in [0.1, 0.15) is 5.82 Å². The van der Waals surface area contributed by atoms with E-state index in [4.69, 9.17) is 6.42 Å². The van der Waals surface area contributed by atoms with Crippen LogP contribution in [0, 0.1) is 18.2 Å². The minimum atomic E-state index is -1.48. The van der Waals surface area contributed by atoms with E-state index < -0.39 is 11.4 Å². The van der Waals surface area contributed by atoms with Crippen molar-refractivity contribution in [1.29, 1.82) is 0 Å². The topological polar surface area (TPSA) is 20.2 Å². The minimum absolute atomic E-state index is 0.167. The van der Waals surface area contributed by atoms with Crippen molar-refractivity contribution >= 4 is 0 Å². The molecule has 0 aromatic heterocycles. The summed E-state index contributed by atoms with van der Waals surface area (Å²) < 4.78 is 13.2. The lowest BCUT2D eigenvalue weighted by Crippen LogP contribution is -2.23. The zero-order valence-corrected chi connectivity index (χ0v) is 7.42. The van der Waals surface area contributed by atoms with Gasteiger partial charge >= 0.3 is 0 Å². The van der Waals surface area contributed by atoms with E-state index >= 15 is 0 Å². The summed E-state index contributed by atoms with van der Waals surface area (Å²) in [5, 5.41) is 9.80. The molecule has 1 aromatic rings. The SMILES string of the molecule is C#CC(O)(CC)c1ccccc1F. The molecule has 2 heteroatoms. The zero-order chi connectivity index (χ0) is 9.90. The maximum atomic E-state index is 13.2. The lowest BCUT2D eigenvalue weighted by atomic mass is 9.92. The number of rotatable bonds is 2. The molecule has 0 aliphatic rings. The number of benzene rings is 1. The largest absolute Gasteiger partial charge is 0.373 e. The van der Waals surface area contributed by atoms with Crippen LogP contribution in [0.5, 0.6) is 0 Å². The highest BCUT2D eigenvalue weighted by atomic mass is 19.1. The first-order valence-corrected chi connectivity index (χ1v) is 4.09. The average molecular weight is 178 g/mol. The Morgan fingerprint density at radius 1 is 1.54 bits per heavy atom. The highest BCUT2D eigenvalue weighted by Gasteiger charge is 2.26. The molecule has 1 atom stereocenters. The van der Waals surface area contributed by atoms with Crippen molar-refractivity contribution < 1.29 is 9.50 Å². The van der Waals surface area contributed by atoms with Gasteiger partial charge in [-0.1, -0.05) is 31.0 Å². The summed E-state index contributed by atoms with van der Waals surface area (Å²) in [6, 6.07) is 5.99. The van der Waals surface area contributed by atoms with Gasteiger partial charge < -0.3 is 5.11 Å². The molecule has 1 rings (SSSR count). The van der Waals surface area contributed by atoms with Crippen LogP contribution in [0.3, 0.4) is 0 Å². The fourth-order valence-electron chi connectivity index (χ4n) is 1.17. The van der Waals surface area contributed by atoms with Gasteiger partial charge in [-0.15, -0.1) is 6.42 Å². The highest BCUT2D eigenvalue weighted by molar-refractivity contribution is 5.31. The maximum absolute atomic E-state index is 13.2. The fraction of sp³-hybridized carbons (Fsp3) is 0.273. The third-order valence-corrected chi connectivity index (χ3v) is 2.07. The fourth-order valence-corrected chi connectivity index (χ4v) is 1.17. The summed E-state index contributed by atoms with van der Waals surface area (Å²) in [6.07, 6.45) is 5.45. The Bertz CT molecular complexity index is 340. The number of hydrogen-bond donors (Lipinski definition) is 1. The van der Waals surface area contributed by atoms with E-state index in [0.717, 1.165) is 0 Å². The van der Waals surface area contributed by atoms with Crippen molar-refractivity contribution in [2.45, 2.75) is 18.9 Å². The molecule has 0 amide bonds. The monoisotopic (exact) mass is 178 g/mol. The second-order valence-corrected chi connectivity index (χ2v) is 2.84.